The molecule has 0 spiro atoms. The number of aliphatic carboxylic acids is 1. The van der Waals surface area contributed by atoms with E-state index in [-0.39, 0.29) is 17.2 Å². The molecule has 3 rings (SSSR count). The molecule has 2 atom stereocenters. The second-order valence-corrected chi connectivity index (χ2v) is 6.79. The zero-order valence-electron chi connectivity index (χ0n) is 12.2. The van der Waals surface area contributed by atoms with Crippen LogP contribution in [0.2, 0.25) is 0 Å². The summed E-state index contributed by atoms with van der Waals surface area (Å²) in [5, 5.41) is 10.1. The predicted octanol–water partition coefficient (Wildman–Crippen LogP) is 4.57. The number of rotatable bonds is 2. The first-order valence-electron chi connectivity index (χ1n) is 7.27. The number of carbonyl (C=O) groups is 1. The van der Waals surface area contributed by atoms with E-state index in [1.54, 1.807) is 12.1 Å². The summed E-state index contributed by atoms with van der Waals surface area (Å²) >= 11 is 0. The van der Waals surface area contributed by atoms with Crippen molar-refractivity contribution in [1.29, 1.82) is 0 Å². The van der Waals surface area contributed by atoms with Crippen LogP contribution in [0.3, 0.4) is 0 Å². The van der Waals surface area contributed by atoms with Crippen LogP contribution in [0, 0.1) is 17.2 Å². The van der Waals surface area contributed by atoms with E-state index in [9.17, 15) is 14.3 Å². The maximum absolute atomic E-state index is 13.3. The number of fused-ring (bicyclic) bond motifs is 1. The largest absolute Gasteiger partial charge is 0.481 e. The molecule has 21 heavy (non-hydrogen) atoms. The quantitative estimate of drug-likeness (QED) is 0.881. The molecule has 1 heterocycles. The minimum atomic E-state index is -0.776. The van der Waals surface area contributed by atoms with Crippen molar-refractivity contribution in [2.24, 2.45) is 11.3 Å². The lowest BCUT2D eigenvalue weighted by atomic mass is 9.66. The molecule has 0 saturated heterocycles. The fourth-order valence-corrected chi connectivity index (χ4v) is 3.40. The van der Waals surface area contributed by atoms with Gasteiger partial charge in [0.25, 0.3) is 0 Å². The van der Waals surface area contributed by atoms with Gasteiger partial charge >= 0.3 is 5.97 Å². The highest BCUT2D eigenvalue weighted by molar-refractivity contribution is 5.78. The molecule has 0 amide bonds. The van der Waals surface area contributed by atoms with E-state index in [0.717, 1.165) is 12.8 Å². The Morgan fingerprint density at radius 3 is 2.86 bits per heavy atom. The highest BCUT2D eigenvalue weighted by Gasteiger charge is 2.40. The van der Waals surface area contributed by atoms with Gasteiger partial charge in [-0.1, -0.05) is 13.8 Å². The maximum Gasteiger partial charge on any atom is 0.307 e. The van der Waals surface area contributed by atoms with E-state index >= 15 is 0 Å². The summed E-state index contributed by atoms with van der Waals surface area (Å²) in [5.41, 5.74) is 0.708. The number of carboxylic acid groups (broad SMARTS) is 1. The molecule has 4 heteroatoms. The van der Waals surface area contributed by atoms with Gasteiger partial charge in [-0.15, -0.1) is 0 Å². The summed E-state index contributed by atoms with van der Waals surface area (Å²) in [6.07, 6.45) is 2.32. The average molecular weight is 290 g/mol. The summed E-state index contributed by atoms with van der Waals surface area (Å²) in [4.78, 5) is 11.5. The molecule has 2 aromatic rings. The fourth-order valence-electron chi connectivity index (χ4n) is 3.40. The Balaban J connectivity index is 2.02. The predicted molar refractivity (Wildman–Crippen MR) is 77.7 cm³/mol. The van der Waals surface area contributed by atoms with E-state index in [4.69, 9.17) is 4.42 Å². The monoisotopic (exact) mass is 290 g/mol. The van der Waals surface area contributed by atoms with Crippen LogP contribution in [0.4, 0.5) is 4.39 Å². The lowest BCUT2D eigenvalue weighted by Gasteiger charge is -2.38. The zero-order chi connectivity index (χ0) is 15.2. The van der Waals surface area contributed by atoms with E-state index in [2.05, 4.69) is 13.8 Å². The van der Waals surface area contributed by atoms with Crippen LogP contribution in [0.1, 0.15) is 44.8 Å². The number of carboxylic acids is 1. The van der Waals surface area contributed by atoms with Crippen molar-refractivity contribution < 1.29 is 18.7 Å². The van der Waals surface area contributed by atoms with Gasteiger partial charge in [-0.25, -0.2) is 4.39 Å². The third-order valence-corrected chi connectivity index (χ3v) is 4.57. The smallest absolute Gasteiger partial charge is 0.307 e. The number of halogens is 1. The molecule has 1 aromatic carbocycles. The van der Waals surface area contributed by atoms with E-state index < -0.39 is 11.9 Å². The Morgan fingerprint density at radius 2 is 2.14 bits per heavy atom. The van der Waals surface area contributed by atoms with Gasteiger partial charge in [0.15, 0.2) is 0 Å². The van der Waals surface area contributed by atoms with Crippen LogP contribution in [-0.4, -0.2) is 11.1 Å². The number of benzene rings is 1. The van der Waals surface area contributed by atoms with E-state index in [1.165, 1.54) is 12.1 Å². The van der Waals surface area contributed by atoms with Crippen molar-refractivity contribution in [2.75, 3.05) is 0 Å². The highest BCUT2D eigenvalue weighted by Crippen LogP contribution is 2.47. The van der Waals surface area contributed by atoms with E-state index in [0.29, 0.717) is 23.2 Å². The van der Waals surface area contributed by atoms with Crippen LogP contribution in [0.15, 0.2) is 28.7 Å². The Bertz CT molecular complexity index is 686. The number of furan rings is 1. The van der Waals surface area contributed by atoms with Crippen LogP contribution in [0.5, 0.6) is 0 Å². The van der Waals surface area contributed by atoms with Gasteiger partial charge < -0.3 is 9.52 Å². The van der Waals surface area contributed by atoms with Crippen LogP contribution < -0.4 is 0 Å². The molecule has 0 aliphatic heterocycles. The van der Waals surface area contributed by atoms with Crippen molar-refractivity contribution in [3.8, 4) is 0 Å². The first kappa shape index (κ1) is 14.1. The van der Waals surface area contributed by atoms with Gasteiger partial charge in [0.1, 0.15) is 17.2 Å². The third kappa shape index (κ3) is 2.67. The van der Waals surface area contributed by atoms with Crippen molar-refractivity contribution in [3.63, 3.8) is 0 Å². The summed E-state index contributed by atoms with van der Waals surface area (Å²) in [6.45, 7) is 4.31. The highest BCUT2D eigenvalue weighted by atomic mass is 19.1. The topological polar surface area (TPSA) is 50.4 Å². The molecular weight excluding hydrogens is 271 g/mol. The number of hydrogen-bond donors (Lipinski definition) is 1. The van der Waals surface area contributed by atoms with Crippen molar-refractivity contribution in [2.45, 2.75) is 39.0 Å². The molecule has 1 N–H and O–H groups in total. The maximum atomic E-state index is 13.3. The number of hydrogen-bond acceptors (Lipinski definition) is 2. The Hall–Kier alpha value is -1.84. The second-order valence-electron chi connectivity index (χ2n) is 6.79. The van der Waals surface area contributed by atoms with Gasteiger partial charge in [0, 0.05) is 11.3 Å². The SMILES string of the molecule is CC1(C)CCC(C(=O)O)C(c2cc3cc(F)ccc3o2)C1. The van der Waals surface area contributed by atoms with E-state index in [1.807, 2.05) is 0 Å². The lowest BCUT2D eigenvalue weighted by molar-refractivity contribution is -0.144. The van der Waals surface area contributed by atoms with Gasteiger partial charge in [0.2, 0.25) is 0 Å². The van der Waals surface area contributed by atoms with Gasteiger partial charge in [-0.2, -0.15) is 0 Å². The van der Waals surface area contributed by atoms with Gasteiger partial charge in [0.05, 0.1) is 5.92 Å². The molecule has 1 aliphatic rings. The fraction of sp³-hybridized carbons (Fsp3) is 0.471. The third-order valence-electron chi connectivity index (χ3n) is 4.57. The molecule has 2 unspecified atom stereocenters. The van der Waals surface area contributed by atoms with Crippen molar-refractivity contribution in [1.82, 2.24) is 0 Å². The van der Waals surface area contributed by atoms with Gasteiger partial charge in [-0.05, 0) is 48.9 Å². The summed E-state index contributed by atoms with van der Waals surface area (Å²) < 4.78 is 19.1. The second kappa shape index (κ2) is 4.86. The summed E-state index contributed by atoms with van der Waals surface area (Å²) in [7, 11) is 0. The average Bonchev–Trinajstić information content (AvgIpc) is 2.80. The minimum absolute atomic E-state index is 0.0981. The van der Waals surface area contributed by atoms with Crippen molar-refractivity contribution in [3.05, 3.63) is 35.8 Å². The first-order valence-corrected chi connectivity index (χ1v) is 7.27. The molecule has 0 bridgehead atoms. The molecule has 3 nitrogen and oxygen atoms in total. The standard InChI is InChI=1S/C17H19FO3/c1-17(2)6-5-12(16(19)20)13(9-17)15-8-10-7-11(18)3-4-14(10)21-15/h3-4,7-8,12-13H,5-6,9H2,1-2H3,(H,19,20). The molecule has 1 aliphatic carbocycles. The molecule has 1 saturated carbocycles. The lowest BCUT2D eigenvalue weighted by Crippen LogP contribution is -2.32. The summed E-state index contributed by atoms with van der Waals surface area (Å²) in [5.74, 6) is -1.00. The Labute approximate surface area is 122 Å². The van der Waals surface area contributed by atoms with Crippen LogP contribution in [0.25, 0.3) is 11.0 Å². The molecule has 1 fully saturated rings. The summed E-state index contributed by atoms with van der Waals surface area (Å²) in [6, 6.07) is 6.17. The first-order chi connectivity index (χ1) is 9.85. The minimum Gasteiger partial charge on any atom is -0.481 e. The zero-order valence-corrected chi connectivity index (χ0v) is 12.2. The van der Waals surface area contributed by atoms with Crippen LogP contribution in [-0.2, 0) is 4.79 Å². The Morgan fingerprint density at radius 1 is 1.38 bits per heavy atom. The van der Waals surface area contributed by atoms with Gasteiger partial charge in [-0.3, -0.25) is 4.79 Å². The van der Waals surface area contributed by atoms with Crippen molar-refractivity contribution >= 4 is 16.9 Å². The normalized spacial score (nSPS) is 25.1. The molecule has 112 valence electrons. The molecule has 0 radical (unpaired) electrons. The molecular formula is C17H19FO3. The Kier molecular flexibility index (Phi) is 3.27. The van der Waals surface area contributed by atoms with Crippen LogP contribution >= 0.6 is 0 Å². The molecule has 1 aromatic heterocycles.